The van der Waals surface area contributed by atoms with Crippen molar-refractivity contribution < 1.29 is 19.1 Å². The Balaban J connectivity index is 1.87. The van der Waals surface area contributed by atoms with Gasteiger partial charge in [-0.25, -0.2) is 4.79 Å². The number of carbonyl (C=O) groups is 3. The fourth-order valence-electron chi connectivity index (χ4n) is 2.46. The van der Waals surface area contributed by atoms with E-state index in [1.54, 1.807) is 37.4 Å². The highest BCUT2D eigenvalue weighted by molar-refractivity contribution is 7.18. The highest BCUT2D eigenvalue weighted by atomic mass is 35.5. The Labute approximate surface area is 179 Å². The zero-order chi connectivity index (χ0) is 21.6. The van der Waals surface area contributed by atoms with Gasteiger partial charge < -0.3 is 15.0 Å². The second kappa shape index (κ2) is 9.89. The fourth-order valence-corrected chi connectivity index (χ4v) is 3.47. The number of hydrogen-bond acceptors (Lipinski definition) is 5. The molecule has 0 aliphatic rings. The summed E-state index contributed by atoms with van der Waals surface area (Å²) in [5.74, 6) is -0.358. The first-order valence-electron chi connectivity index (χ1n) is 9.15. The Bertz CT molecular complexity index is 889. The molecule has 156 valence electrons. The van der Waals surface area contributed by atoms with Crippen LogP contribution in [0.15, 0.2) is 36.4 Å². The molecule has 0 bridgehead atoms. The molecule has 0 atom stereocenters. The van der Waals surface area contributed by atoms with E-state index < -0.39 is 11.7 Å². The van der Waals surface area contributed by atoms with Crippen molar-refractivity contribution >= 4 is 46.4 Å². The first kappa shape index (κ1) is 22.9. The monoisotopic (exact) mass is 436 g/mol. The minimum atomic E-state index is -0.562. The highest BCUT2D eigenvalue weighted by Crippen LogP contribution is 2.23. The number of hydrogen-bond donors (Lipinski definition) is 1. The maximum Gasteiger partial charge on any atom is 0.410 e. The molecule has 2 amide bonds. The number of ketones is 1. The van der Waals surface area contributed by atoms with Gasteiger partial charge in [0.1, 0.15) is 5.60 Å². The van der Waals surface area contributed by atoms with Gasteiger partial charge in [0, 0.05) is 32.1 Å². The number of amides is 2. The summed E-state index contributed by atoms with van der Waals surface area (Å²) in [4.78, 5) is 38.4. The number of halogens is 1. The van der Waals surface area contributed by atoms with Crippen LogP contribution in [0.25, 0.3) is 0 Å². The molecule has 2 rings (SSSR count). The predicted molar refractivity (Wildman–Crippen MR) is 116 cm³/mol. The molecular formula is C21H25ClN2O4S. The number of carbonyl (C=O) groups excluding carboxylic acids is 3. The molecule has 1 heterocycles. The summed E-state index contributed by atoms with van der Waals surface area (Å²) >= 11 is 7.04. The van der Waals surface area contributed by atoms with Crippen molar-refractivity contribution in [3.05, 3.63) is 51.2 Å². The van der Waals surface area contributed by atoms with E-state index in [2.05, 4.69) is 5.32 Å². The second-order valence-electron chi connectivity index (χ2n) is 7.61. The number of rotatable bonds is 7. The van der Waals surface area contributed by atoms with Crippen molar-refractivity contribution in [1.29, 1.82) is 0 Å². The maximum atomic E-state index is 12.2. The van der Waals surface area contributed by atoms with Crippen LogP contribution >= 0.6 is 22.9 Å². The van der Waals surface area contributed by atoms with E-state index in [0.717, 1.165) is 5.56 Å². The zero-order valence-corrected chi connectivity index (χ0v) is 18.5. The van der Waals surface area contributed by atoms with Crippen LogP contribution in [0.1, 0.15) is 48.8 Å². The van der Waals surface area contributed by atoms with Crippen LogP contribution in [0.5, 0.6) is 0 Å². The molecule has 29 heavy (non-hydrogen) atoms. The number of nitrogens with one attached hydrogen (secondary N) is 1. The topological polar surface area (TPSA) is 75.7 Å². The molecule has 1 aromatic heterocycles. The Hall–Kier alpha value is -2.38. The first-order chi connectivity index (χ1) is 13.5. The van der Waals surface area contributed by atoms with E-state index in [9.17, 15) is 14.4 Å². The number of anilines is 1. The molecule has 0 saturated heterocycles. The second-order valence-corrected chi connectivity index (χ2v) is 9.33. The lowest BCUT2D eigenvalue weighted by atomic mass is 10.1. The molecule has 0 radical (unpaired) electrons. The number of Topliss-reactive ketones (excluding diaryl/α,β-unsaturated/α-hetero) is 1. The van der Waals surface area contributed by atoms with Gasteiger partial charge in [0.05, 0.1) is 9.21 Å². The average Bonchev–Trinajstić information content (AvgIpc) is 3.05. The molecule has 1 aromatic carbocycles. The van der Waals surface area contributed by atoms with Gasteiger partial charge in [-0.05, 0) is 50.6 Å². The minimum Gasteiger partial charge on any atom is -0.444 e. The largest absolute Gasteiger partial charge is 0.444 e. The summed E-state index contributed by atoms with van der Waals surface area (Å²) in [6, 6.07) is 10.5. The summed E-state index contributed by atoms with van der Waals surface area (Å²) in [5, 5.41) is 2.79. The van der Waals surface area contributed by atoms with Gasteiger partial charge >= 0.3 is 6.09 Å². The number of nitrogens with zero attached hydrogens (tertiary/aromatic N) is 1. The molecule has 1 N–H and O–H groups in total. The molecule has 2 aromatic rings. The van der Waals surface area contributed by atoms with Crippen LogP contribution in [0, 0.1) is 0 Å². The molecule has 0 spiro atoms. The standard InChI is InChI=1S/C21H25ClN2O4S/c1-21(2,3)28-20(27)24(4)13-14-6-5-7-15(12-14)23-19(26)11-8-16(25)17-9-10-18(22)29-17/h5-7,9-10,12H,8,11,13H2,1-4H3,(H,23,26). The molecule has 0 fully saturated rings. The predicted octanol–water partition coefficient (Wildman–Crippen LogP) is 5.37. The lowest BCUT2D eigenvalue weighted by Gasteiger charge is -2.24. The van der Waals surface area contributed by atoms with Gasteiger partial charge in [-0.3, -0.25) is 9.59 Å². The normalized spacial score (nSPS) is 11.1. The summed E-state index contributed by atoms with van der Waals surface area (Å²) in [6.45, 7) is 5.78. The number of benzene rings is 1. The molecule has 0 unspecified atom stereocenters. The van der Waals surface area contributed by atoms with Crippen LogP contribution in [0.3, 0.4) is 0 Å². The summed E-state index contributed by atoms with van der Waals surface area (Å²) in [5.41, 5.74) is 0.893. The van der Waals surface area contributed by atoms with Crippen molar-refractivity contribution in [2.45, 2.75) is 45.8 Å². The summed E-state index contributed by atoms with van der Waals surface area (Å²) in [6.07, 6.45) is -0.223. The third kappa shape index (κ3) is 7.87. The van der Waals surface area contributed by atoms with Crippen LogP contribution in [0.2, 0.25) is 4.34 Å². The minimum absolute atomic E-state index is 0.0798. The van der Waals surface area contributed by atoms with E-state index in [4.69, 9.17) is 16.3 Å². The van der Waals surface area contributed by atoms with Crippen LogP contribution in [0.4, 0.5) is 10.5 Å². The summed E-state index contributed by atoms with van der Waals surface area (Å²) in [7, 11) is 1.65. The van der Waals surface area contributed by atoms with E-state index in [-0.39, 0.29) is 24.5 Å². The van der Waals surface area contributed by atoms with Crippen molar-refractivity contribution in [1.82, 2.24) is 4.90 Å². The smallest absolute Gasteiger partial charge is 0.410 e. The average molecular weight is 437 g/mol. The Morgan fingerprint density at radius 3 is 2.48 bits per heavy atom. The van der Waals surface area contributed by atoms with Gasteiger partial charge in [-0.1, -0.05) is 23.7 Å². The quantitative estimate of drug-likeness (QED) is 0.592. The molecule has 6 nitrogen and oxygen atoms in total. The lowest BCUT2D eigenvalue weighted by Crippen LogP contribution is -2.33. The third-order valence-corrected chi connectivity index (χ3v) is 5.03. The lowest BCUT2D eigenvalue weighted by molar-refractivity contribution is -0.116. The molecule has 0 aliphatic heterocycles. The zero-order valence-electron chi connectivity index (χ0n) is 17.0. The van der Waals surface area contributed by atoms with Crippen LogP contribution in [-0.4, -0.2) is 35.3 Å². The Morgan fingerprint density at radius 2 is 1.86 bits per heavy atom. The molecule has 0 saturated carbocycles. The number of ether oxygens (including phenoxy) is 1. The third-order valence-electron chi connectivity index (χ3n) is 3.76. The maximum absolute atomic E-state index is 12.2. The van der Waals surface area contributed by atoms with Gasteiger partial charge in [0.2, 0.25) is 5.91 Å². The first-order valence-corrected chi connectivity index (χ1v) is 10.3. The Kier molecular flexibility index (Phi) is 7.81. The van der Waals surface area contributed by atoms with Gasteiger partial charge in [-0.2, -0.15) is 0 Å². The highest BCUT2D eigenvalue weighted by Gasteiger charge is 2.19. The van der Waals surface area contributed by atoms with Gasteiger partial charge in [0.15, 0.2) is 5.78 Å². The van der Waals surface area contributed by atoms with Crippen LogP contribution in [-0.2, 0) is 16.1 Å². The van der Waals surface area contributed by atoms with Gasteiger partial charge in [0.25, 0.3) is 0 Å². The fraction of sp³-hybridized carbons (Fsp3) is 0.381. The van der Waals surface area contributed by atoms with Crippen molar-refractivity contribution in [3.63, 3.8) is 0 Å². The number of thiophene rings is 1. The SMILES string of the molecule is CN(Cc1cccc(NC(=O)CCC(=O)c2ccc(Cl)s2)c1)C(=O)OC(C)(C)C. The van der Waals surface area contributed by atoms with E-state index >= 15 is 0 Å². The van der Waals surface area contributed by atoms with Crippen molar-refractivity contribution in [2.24, 2.45) is 0 Å². The Morgan fingerprint density at radius 1 is 1.14 bits per heavy atom. The van der Waals surface area contributed by atoms with Crippen molar-refractivity contribution in [2.75, 3.05) is 12.4 Å². The van der Waals surface area contributed by atoms with Crippen molar-refractivity contribution in [3.8, 4) is 0 Å². The van der Waals surface area contributed by atoms with E-state index in [0.29, 0.717) is 21.4 Å². The van der Waals surface area contributed by atoms with Crippen LogP contribution < -0.4 is 5.32 Å². The van der Waals surface area contributed by atoms with Gasteiger partial charge in [-0.15, -0.1) is 11.3 Å². The molecule has 0 aliphatic carbocycles. The summed E-state index contributed by atoms with van der Waals surface area (Å²) < 4.78 is 5.88. The molecular weight excluding hydrogens is 412 g/mol. The van der Waals surface area contributed by atoms with E-state index in [1.165, 1.54) is 16.2 Å². The molecule has 8 heteroatoms. The van der Waals surface area contributed by atoms with E-state index in [1.807, 2.05) is 26.8 Å².